The minimum atomic E-state index is -0.0932. The van der Waals surface area contributed by atoms with Crippen molar-refractivity contribution >= 4 is 17.2 Å². The van der Waals surface area contributed by atoms with E-state index >= 15 is 0 Å². The number of carbonyl (C=O) groups is 1. The first-order valence-corrected chi connectivity index (χ1v) is 8.26. The van der Waals surface area contributed by atoms with Crippen LogP contribution in [0, 0.1) is 5.92 Å². The van der Waals surface area contributed by atoms with E-state index < -0.39 is 0 Å². The third-order valence-electron chi connectivity index (χ3n) is 4.51. The number of hydrogen-bond donors (Lipinski definition) is 1. The van der Waals surface area contributed by atoms with E-state index in [1.54, 1.807) is 11.3 Å². The first kappa shape index (κ1) is 14.0. The summed E-state index contributed by atoms with van der Waals surface area (Å²) >= 11 is 1.71. The second-order valence-electron chi connectivity index (χ2n) is 5.74. The molecule has 3 rings (SSSR count). The van der Waals surface area contributed by atoms with Gasteiger partial charge in [-0.05, 0) is 44.1 Å². The van der Waals surface area contributed by atoms with Gasteiger partial charge in [-0.3, -0.25) is 10.1 Å². The lowest BCUT2D eigenvalue weighted by molar-refractivity contribution is -0.133. The van der Waals surface area contributed by atoms with Crippen molar-refractivity contribution in [3.8, 4) is 0 Å². The standard InChI is InChI=1S/C15H22N2O2S/c1-10-15(18)17(11(2)12-5-7-19-8-6-12)14(16-10)13-4-3-9-20-13/h3-4,9-12,14,16H,5-8H2,1-2H3. The van der Waals surface area contributed by atoms with Gasteiger partial charge in [0.25, 0.3) is 0 Å². The van der Waals surface area contributed by atoms with Crippen LogP contribution in [-0.4, -0.2) is 36.1 Å². The lowest BCUT2D eigenvalue weighted by Crippen LogP contribution is -2.44. The topological polar surface area (TPSA) is 41.6 Å². The van der Waals surface area contributed by atoms with E-state index in [1.807, 2.05) is 13.0 Å². The predicted molar refractivity (Wildman–Crippen MR) is 79.5 cm³/mol. The van der Waals surface area contributed by atoms with Crippen LogP contribution in [0.1, 0.15) is 37.7 Å². The summed E-state index contributed by atoms with van der Waals surface area (Å²) < 4.78 is 5.44. The molecular weight excluding hydrogens is 272 g/mol. The van der Waals surface area contributed by atoms with Gasteiger partial charge in [0.2, 0.25) is 5.91 Å². The van der Waals surface area contributed by atoms with Crippen molar-refractivity contribution in [3.63, 3.8) is 0 Å². The van der Waals surface area contributed by atoms with Crippen molar-refractivity contribution in [2.45, 2.75) is 44.9 Å². The second-order valence-corrected chi connectivity index (χ2v) is 6.72. The Bertz CT molecular complexity index is 456. The molecule has 0 saturated carbocycles. The van der Waals surface area contributed by atoms with Crippen LogP contribution in [0.25, 0.3) is 0 Å². The van der Waals surface area contributed by atoms with Crippen LogP contribution in [-0.2, 0) is 9.53 Å². The molecule has 4 nitrogen and oxygen atoms in total. The Morgan fingerprint density at radius 3 is 2.85 bits per heavy atom. The smallest absolute Gasteiger partial charge is 0.241 e. The first-order valence-electron chi connectivity index (χ1n) is 7.38. The molecule has 3 unspecified atom stereocenters. The highest BCUT2D eigenvalue weighted by Crippen LogP contribution is 2.34. The summed E-state index contributed by atoms with van der Waals surface area (Å²) in [5, 5.41) is 5.50. The third-order valence-corrected chi connectivity index (χ3v) is 5.44. The molecular formula is C15H22N2O2S. The molecule has 1 N–H and O–H groups in total. The number of hydrogen-bond acceptors (Lipinski definition) is 4. The molecule has 5 heteroatoms. The van der Waals surface area contributed by atoms with E-state index in [2.05, 4.69) is 28.6 Å². The molecule has 2 aliphatic rings. The fourth-order valence-corrected chi connectivity index (χ4v) is 4.05. The average molecular weight is 294 g/mol. The molecule has 2 saturated heterocycles. The Balaban J connectivity index is 1.81. The van der Waals surface area contributed by atoms with Gasteiger partial charge in [0.15, 0.2) is 0 Å². The molecule has 3 heterocycles. The molecule has 2 fully saturated rings. The van der Waals surface area contributed by atoms with Crippen molar-refractivity contribution in [2.75, 3.05) is 13.2 Å². The van der Waals surface area contributed by atoms with Gasteiger partial charge in [-0.25, -0.2) is 0 Å². The first-order chi connectivity index (χ1) is 9.68. The number of nitrogens with zero attached hydrogens (tertiary/aromatic N) is 1. The van der Waals surface area contributed by atoms with Crippen LogP contribution in [0.3, 0.4) is 0 Å². The second kappa shape index (κ2) is 5.84. The fraction of sp³-hybridized carbons (Fsp3) is 0.667. The van der Waals surface area contributed by atoms with Crippen LogP contribution in [0.2, 0.25) is 0 Å². The van der Waals surface area contributed by atoms with Crippen LogP contribution >= 0.6 is 11.3 Å². The average Bonchev–Trinajstić information content (AvgIpc) is 3.09. The lowest BCUT2D eigenvalue weighted by atomic mass is 9.91. The van der Waals surface area contributed by atoms with E-state index in [0.717, 1.165) is 26.1 Å². The van der Waals surface area contributed by atoms with Crippen LogP contribution in [0.15, 0.2) is 17.5 Å². The largest absolute Gasteiger partial charge is 0.381 e. The molecule has 20 heavy (non-hydrogen) atoms. The van der Waals surface area contributed by atoms with Crippen LogP contribution in [0.4, 0.5) is 0 Å². The summed E-state index contributed by atoms with van der Waals surface area (Å²) in [6.45, 7) is 5.79. The highest BCUT2D eigenvalue weighted by molar-refractivity contribution is 7.10. The number of thiophene rings is 1. The minimum absolute atomic E-state index is 0.0374. The summed E-state index contributed by atoms with van der Waals surface area (Å²) in [6.07, 6.45) is 2.14. The lowest BCUT2D eigenvalue weighted by Gasteiger charge is -2.37. The molecule has 0 aromatic carbocycles. The van der Waals surface area contributed by atoms with E-state index in [0.29, 0.717) is 5.92 Å². The molecule has 1 aromatic rings. The summed E-state index contributed by atoms with van der Waals surface area (Å²) in [5.74, 6) is 0.768. The molecule has 0 bridgehead atoms. The van der Waals surface area contributed by atoms with Gasteiger partial charge in [0, 0.05) is 24.1 Å². The fourth-order valence-electron chi connectivity index (χ4n) is 3.27. The van der Waals surface area contributed by atoms with Crippen molar-refractivity contribution < 1.29 is 9.53 Å². The maximum absolute atomic E-state index is 12.5. The maximum Gasteiger partial charge on any atom is 0.241 e. The van der Waals surface area contributed by atoms with Gasteiger partial charge in [-0.2, -0.15) is 0 Å². The Hall–Kier alpha value is -0.910. The highest BCUT2D eigenvalue weighted by Gasteiger charge is 2.42. The Kier molecular flexibility index (Phi) is 4.10. The van der Waals surface area contributed by atoms with Crippen LogP contribution in [0.5, 0.6) is 0 Å². The zero-order chi connectivity index (χ0) is 14.1. The Morgan fingerprint density at radius 2 is 2.20 bits per heavy atom. The van der Waals surface area contributed by atoms with Gasteiger partial charge in [0.1, 0.15) is 6.17 Å². The van der Waals surface area contributed by atoms with Crippen molar-refractivity contribution in [3.05, 3.63) is 22.4 Å². The number of carbonyl (C=O) groups excluding carboxylic acids is 1. The van der Waals surface area contributed by atoms with Gasteiger partial charge < -0.3 is 9.64 Å². The van der Waals surface area contributed by atoms with Crippen molar-refractivity contribution in [1.29, 1.82) is 0 Å². The summed E-state index contributed by atoms with van der Waals surface area (Å²) in [4.78, 5) is 15.8. The predicted octanol–water partition coefficient (Wildman–Crippen LogP) is 2.38. The zero-order valence-corrected chi connectivity index (χ0v) is 12.9. The van der Waals surface area contributed by atoms with E-state index in [9.17, 15) is 4.79 Å². The number of amides is 1. The number of rotatable bonds is 3. The molecule has 1 aromatic heterocycles. The molecule has 110 valence electrons. The van der Waals surface area contributed by atoms with Crippen LogP contribution < -0.4 is 5.32 Å². The summed E-state index contributed by atoms with van der Waals surface area (Å²) in [5.41, 5.74) is 0. The quantitative estimate of drug-likeness (QED) is 0.930. The number of ether oxygens (including phenoxy) is 1. The molecule has 1 amide bonds. The normalized spacial score (nSPS) is 29.9. The van der Waals surface area contributed by atoms with Crippen molar-refractivity contribution in [1.82, 2.24) is 10.2 Å². The molecule has 2 aliphatic heterocycles. The molecule has 0 radical (unpaired) electrons. The molecule has 0 aliphatic carbocycles. The van der Waals surface area contributed by atoms with E-state index in [-0.39, 0.29) is 24.2 Å². The monoisotopic (exact) mass is 294 g/mol. The zero-order valence-electron chi connectivity index (χ0n) is 12.0. The third kappa shape index (κ3) is 2.50. The highest BCUT2D eigenvalue weighted by atomic mass is 32.1. The Labute approximate surface area is 124 Å². The van der Waals surface area contributed by atoms with Gasteiger partial charge >= 0.3 is 0 Å². The number of nitrogens with one attached hydrogen (secondary N) is 1. The molecule has 3 atom stereocenters. The minimum Gasteiger partial charge on any atom is -0.381 e. The molecule has 0 spiro atoms. The van der Waals surface area contributed by atoms with Gasteiger partial charge in [-0.15, -0.1) is 11.3 Å². The van der Waals surface area contributed by atoms with E-state index in [4.69, 9.17) is 4.74 Å². The maximum atomic E-state index is 12.5. The summed E-state index contributed by atoms with van der Waals surface area (Å²) in [6, 6.07) is 4.32. The SMILES string of the molecule is CC1NC(c2cccs2)N(C(C)C2CCOCC2)C1=O. The van der Waals surface area contributed by atoms with Crippen molar-refractivity contribution in [2.24, 2.45) is 5.92 Å². The van der Waals surface area contributed by atoms with E-state index in [1.165, 1.54) is 4.88 Å². The van der Waals surface area contributed by atoms with Gasteiger partial charge in [0.05, 0.1) is 6.04 Å². The summed E-state index contributed by atoms with van der Waals surface area (Å²) in [7, 11) is 0. The van der Waals surface area contributed by atoms with Gasteiger partial charge in [-0.1, -0.05) is 6.07 Å². The Morgan fingerprint density at radius 1 is 1.45 bits per heavy atom.